The zero-order chi connectivity index (χ0) is 18.1. The van der Waals surface area contributed by atoms with Gasteiger partial charge in [0.15, 0.2) is 0 Å². The number of benzene rings is 2. The number of aromatic hydroxyl groups is 1. The summed E-state index contributed by atoms with van der Waals surface area (Å²) in [5.41, 5.74) is 1.25. The summed E-state index contributed by atoms with van der Waals surface area (Å²) in [6, 6.07) is 10.8. The summed E-state index contributed by atoms with van der Waals surface area (Å²) in [4.78, 5) is 26.2. The van der Waals surface area contributed by atoms with E-state index in [0.717, 1.165) is 20.9 Å². The van der Waals surface area contributed by atoms with Gasteiger partial charge in [-0.2, -0.15) is 0 Å². The molecule has 1 N–H and O–H groups in total. The molecule has 25 heavy (non-hydrogen) atoms. The fourth-order valence-electron chi connectivity index (χ4n) is 2.25. The second-order valence-electron chi connectivity index (χ2n) is 5.22. The summed E-state index contributed by atoms with van der Waals surface area (Å²) < 4.78 is 1.75. The third-order valence-electron chi connectivity index (χ3n) is 3.47. The number of imide groups is 1. The molecule has 0 radical (unpaired) electrons. The molecule has 1 saturated heterocycles. The number of hydrogen-bond donors (Lipinski definition) is 1. The minimum Gasteiger partial charge on any atom is -0.506 e. The van der Waals surface area contributed by atoms with E-state index in [0.29, 0.717) is 10.0 Å². The van der Waals surface area contributed by atoms with Crippen LogP contribution in [0.3, 0.4) is 0 Å². The van der Waals surface area contributed by atoms with Crippen LogP contribution >= 0.6 is 61.9 Å². The van der Waals surface area contributed by atoms with E-state index < -0.39 is 0 Å². The number of hydrogen-bond acceptors (Lipinski definition) is 4. The predicted octanol–water partition coefficient (Wildman–Crippen LogP) is 5.65. The lowest BCUT2D eigenvalue weighted by Gasteiger charge is -2.12. The lowest BCUT2D eigenvalue weighted by Crippen LogP contribution is -2.27. The van der Waals surface area contributed by atoms with Crippen molar-refractivity contribution in [2.24, 2.45) is 0 Å². The van der Waals surface area contributed by atoms with Crippen LogP contribution in [-0.2, 0) is 11.3 Å². The number of nitrogens with zero attached hydrogens (tertiary/aromatic N) is 1. The van der Waals surface area contributed by atoms with Crippen molar-refractivity contribution in [1.82, 2.24) is 4.90 Å². The number of halogens is 3. The van der Waals surface area contributed by atoms with Gasteiger partial charge in [-0.15, -0.1) is 0 Å². The van der Waals surface area contributed by atoms with Crippen LogP contribution in [0.15, 0.2) is 45.8 Å². The zero-order valence-corrected chi connectivity index (χ0v) is 17.8. The van der Waals surface area contributed by atoms with Crippen molar-refractivity contribution in [2.45, 2.75) is 6.54 Å². The molecule has 1 heterocycles. The van der Waals surface area contributed by atoms with E-state index in [1.54, 1.807) is 12.1 Å². The smallest absolute Gasteiger partial charge is 0.293 e. The maximum Gasteiger partial charge on any atom is 0.293 e. The number of phenols is 1. The van der Waals surface area contributed by atoms with Crippen molar-refractivity contribution >= 4 is 79.1 Å². The molecule has 1 aliphatic heterocycles. The van der Waals surface area contributed by atoms with Crippen molar-refractivity contribution < 1.29 is 14.7 Å². The summed E-state index contributed by atoms with van der Waals surface area (Å²) in [5, 5.41) is 9.87. The van der Waals surface area contributed by atoms with Gasteiger partial charge in [0, 0.05) is 13.6 Å². The first kappa shape index (κ1) is 18.8. The molecule has 0 bridgehead atoms. The van der Waals surface area contributed by atoms with Gasteiger partial charge in [-0.05, 0) is 70.3 Å². The molecule has 2 aromatic carbocycles. The average Bonchev–Trinajstić information content (AvgIpc) is 2.81. The van der Waals surface area contributed by atoms with Crippen molar-refractivity contribution in [1.29, 1.82) is 0 Å². The Morgan fingerprint density at radius 2 is 1.92 bits per heavy atom. The van der Waals surface area contributed by atoms with Crippen molar-refractivity contribution in [3.8, 4) is 5.75 Å². The Hall–Kier alpha value is -1.03. The van der Waals surface area contributed by atoms with E-state index in [-0.39, 0.29) is 33.4 Å². The normalized spacial score (nSPS) is 16.1. The van der Waals surface area contributed by atoms with Gasteiger partial charge in [-0.1, -0.05) is 39.7 Å². The summed E-state index contributed by atoms with van der Waals surface area (Å²) in [6.45, 7) is 0.212. The lowest BCUT2D eigenvalue weighted by molar-refractivity contribution is -0.123. The number of phenolic OH excluding ortho intramolecular Hbond substituents is 1. The Balaban J connectivity index is 1.87. The number of carbonyl (C=O) groups excluding carboxylic acids is 2. The molecule has 1 fully saturated rings. The number of thioether (sulfide) groups is 1. The Bertz CT molecular complexity index is 902. The van der Waals surface area contributed by atoms with E-state index >= 15 is 0 Å². The van der Waals surface area contributed by atoms with Crippen molar-refractivity contribution in [3.05, 3.63) is 65.5 Å². The van der Waals surface area contributed by atoms with E-state index in [4.69, 9.17) is 11.6 Å². The molecule has 2 aromatic rings. The first-order valence-corrected chi connectivity index (χ1v) is 10.1. The number of carbonyl (C=O) groups is 2. The van der Waals surface area contributed by atoms with E-state index in [1.807, 2.05) is 24.3 Å². The maximum atomic E-state index is 12.6. The summed E-state index contributed by atoms with van der Waals surface area (Å²) in [7, 11) is 0. The molecule has 3 rings (SSSR count). The number of rotatable bonds is 3. The first-order chi connectivity index (χ1) is 11.8. The highest BCUT2D eigenvalue weighted by atomic mass is 127. The Morgan fingerprint density at radius 3 is 2.60 bits per heavy atom. The van der Waals surface area contributed by atoms with Gasteiger partial charge in [0.1, 0.15) is 5.75 Å². The first-order valence-electron chi connectivity index (χ1n) is 7.03. The molecule has 0 aliphatic carbocycles. The highest BCUT2D eigenvalue weighted by molar-refractivity contribution is 14.1. The maximum absolute atomic E-state index is 12.6. The van der Waals surface area contributed by atoms with Crippen LogP contribution in [0.4, 0.5) is 4.79 Å². The van der Waals surface area contributed by atoms with Crippen LogP contribution in [0, 0.1) is 3.57 Å². The second-order valence-corrected chi connectivity index (χ2v) is 8.78. The summed E-state index contributed by atoms with van der Waals surface area (Å²) >= 11 is 12.3. The molecule has 2 amide bonds. The molecule has 0 atom stereocenters. The molecule has 0 spiro atoms. The van der Waals surface area contributed by atoms with E-state index in [2.05, 4.69) is 38.5 Å². The third kappa shape index (κ3) is 4.21. The SMILES string of the molecule is O=C1S/C(=C\c2cc(Br)cc(Cl)c2O)C(=O)N1Cc1ccc(I)cc1. The molecule has 1 aliphatic rings. The minimum absolute atomic E-state index is 0.130. The topological polar surface area (TPSA) is 57.6 Å². The quantitative estimate of drug-likeness (QED) is 0.397. The number of amides is 2. The molecule has 128 valence electrons. The van der Waals surface area contributed by atoms with E-state index in [9.17, 15) is 14.7 Å². The molecule has 4 nitrogen and oxygen atoms in total. The van der Waals surface area contributed by atoms with Gasteiger partial charge in [-0.25, -0.2) is 0 Å². The zero-order valence-electron chi connectivity index (χ0n) is 12.5. The largest absolute Gasteiger partial charge is 0.506 e. The third-order valence-corrected chi connectivity index (χ3v) is 5.84. The van der Waals surface area contributed by atoms with Crippen LogP contribution in [-0.4, -0.2) is 21.2 Å². The molecule has 8 heteroatoms. The predicted molar refractivity (Wildman–Crippen MR) is 111 cm³/mol. The fourth-order valence-corrected chi connectivity index (χ4v) is 4.27. The minimum atomic E-state index is -0.385. The van der Waals surface area contributed by atoms with Gasteiger partial charge in [0.2, 0.25) is 0 Å². The van der Waals surface area contributed by atoms with Crippen LogP contribution in [0.5, 0.6) is 5.75 Å². The van der Waals surface area contributed by atoms with Crippen LogP contribution in [0.2, 0.25) is 5.02 Å². The van der Waals surface area contributed by atoms with Gasteiger partial charge < -0.3 is 5.11 Å². The monoisotopic (exact) mass is 549 g/mol. The molecule has 0 aromatic heterocycles. The summed E-state index contributed by atoms with van der Waals surface area (Å²) in [6.07, 6.45) is 1.48. The standard InChI is InChI=1S/C17H10BrClINO3S/c18-11-5-10(15(22)13(19)7-11)6-14-16(23)21(17(24)25-14)8-9-1-3-12(20)4-2-9/h1-7,22H,8H2/b14-6-. The van der Waals surface area contributed by atoms with Gasteiger partial charge >= 0.3 is 0 Å². The fraction of sp³-hybridized carbons (Fsp3) is 0.0588. The summed E-state index contributed by atoms with van der Waals surface area (Å²) in [5.74, 6) is -0.515. The van der Waals surface area contributed by atoms with Gasteiger partial charge in [0.25, 0.3) is 11.1 Å². The Kier molecular flexibility index (Phi) is 5.77. The van der Waals surface area contributed by atoms with E-state index in [1.165, 1.54) is 11.0 Å². The van der Waals surface area contributed by atoms with Crippen molar-refractivity contribution in [2.75, 3.05) is 0 Å². The van der Waals surface area contributed by atoms with Gasteiger partial charge in [-0.3, -0.25) is 14.5 Å². The van der Waals surface area contributed by atoms with Crippen LogP contribution in [0.25, 0.3) is 6.08 Å². The van der Waals surface area contributed by atoms with Gasteiger partial charge in [0.05, 0.1) is 16.5 Å². The molecular formula is C17H10BrClINO3S. The molecule has 0 saturated carbocycles. The highest BCUT2D eigenvalue weighted by Crippen LogP contribution is 2.37. The average molecular weight is 551 g/mol. The lowest BCUT2D eigenvalue weighted by atomic mass is 10.1. The molecule has 0 unspecified atom stereocenters. The van der Waals surface area contributed by atoms with Crippen molar-refractivity contribution in [3.63, 3.8) is 0 Å². The van der Waals surface area contributed by atoms with Crippen LogP contribution < -0.4 is 0 Å². The highest BCUT2D eigenvalue weighted by Gasteiger charge is 2.35. The second kappa shape index (κ2) is 7.69. The Morgan fingerprint density at radius 1 is 1.24 bits per heavy atom. The Labute approximate surface area is 175 Å². The van der Waals surface area contributed by atoms with Crippen LogP contribution in [0.1, 0.15) is 11.1 Å². The molecular weight excluding hydrogens is 541 g/mol.